The summed E-state index contributed by atoms with van der Waals surface area (Å²) >= 11 is 0. The minimum absolute atomic E-state index is 0.578. The van der Waals surface area contributed by atoms with Gasteiger partial charge < -0.3 is 5.73 Å². The van der Waals surface area contributed by atoms with Gasteiger partial charge in [0.05, 0.1) is 5.25 Å². The van der Waals surface area contributed by atoms with Crippen molar-refractivity contribution in [3.8, 4) is 0 Å². The molecule has 0 saturated carbocycles. The summed E-state index contributed by atoms with van der Waals surface area (Å²) in [5, 5.41) is -2.99. The third kappa shape index (κ3) is 2.50. The summed E-state index contributed by atoms with van der Waals surface area (Å²) < 4.78 is 50.8. The Morgan fingerprint density at radius 3 is 2.06 bits per heavy atom. The number of halogens is 2. The lowest BCUT2D eigenvalue weighted by Gasteiger charge is -2.17. The maximum absolute atomic E-state index is 13.5. The number of hydrogen-bond acceptors (Lipinski definition) is 3. The molecule has 7 heteroatoms. The van der Waals surface area contributed by atoms with E-state index in [1.54, 1.807) is 0 Å². The summed E-state index contributed by atoms with van der Waals surface area (Å²) in [4.78, 5) is 10.9. The van der Waals surface area contributed by atoms with Crippen LogP contribution in [-0.2, 0) is 14.6 Å². The molecule has 4 nitrogen and oxygen atoms in total. The fourth-order valence-corrected chi connectivity index (χ4v) is 3.02. The Morgan fingerprint density at radius 1 is 1.22 bits per heavy atom. The van der Waals surface area contributed by atoms with Crippen molar-refractivity contribution in [2.24, 2.45) is 5.73 Å². The number of primary amides is 1. The number of amides is 1. The van der Waals surface area contributed by atoms with Crippen LogP contribution in [0.25, 0.3) is 0 Å². The molecule has 1 rings (SSSR count). The van der Waals surface area contributed by atoms with E-state index in [2.05, 4.69) is 0 Å². The summed E-state index contributed by atoms with van der Waals surface area (Å²) in [7, 11) is -4.09. The van der Waals surface area contributed by atoms with Crippen LogP contribution in [-0.4, -0.2) is 19.6 Å². The maximum atomic E-state index is 13.5. The average molecular weight is 277 g/mol. The fourth-order valence-electron chi connectivity index (χ4n) is 1.53. The van der Waals surface area contributed by atoms with Crippen molar-refractivity contribution in [1.82, 2.24) is 0 Å². The molecule has 0 aliphatic rings. The maximum Gasteiger partial charge on any atom is 0.235 e. The highest BCUT2D eigenvalue weighted by molar-refractivity contribution is 7.93. The van der Waals surface area contributed by atoms with Crippen molar-refractivity contribution in [3.05, 3.63) is 35.4 Å². The van der Waals surface area contributed by atoms with E-state index in [9.17, 15) is 22.0 Å². The molecule has 0 saturated heterocycles. The van der Waals surface area contributed by atoms with Crippen LogP contribution in [0.15, 0.2) is 18.2 Å². The van der Waals surface area contributed by atoms with Gasteiger partial charge in [-0.25, -0.2) is 17.2 Å². The minimum atomic E-state index is -4.09. The Kier molecular flexibility index (Phi) is 4.05. The second-order valence-electron chi connectivity index (χ2n) is 3.91. The molecule has 0 aliphatic carbocycles. The first kappa shape index (κ1) is 14.6. The Labute approximate surface area is 104 Å². The normalized spacial score (nSPS) is 15.1. The number of benzene rings is 1. The van der Waals surface area contributed by atoms with E-state index >= 15 is 0 Å². The molecule has 2 N–H and O–H groups in total. The molecule has 1 aromatic rings. The van der Waals surface area contributed by atoms with Crippen molar-refractivity contribution < 1.29 is 22.0 Å². The first-order chi connectivity index (χ1) is 8.19. The molecule has 0 heterocycles. The lowest BCUT2D eigenvalue weighted by Crippen LogP contribution is -2.35. The zero-order valence-corrected chi connectivity index (χ0v) is 10.7. The summed E-state index contributed by atoms with van der Waals surface area (Å²) in [6.45, 7) is 2.21. The van der Waals surface area contributed by atoms with Crippen molar-refractivity contribution >= 4 is 15.7 Å². The molecule has 18 heavy (non-hydrogen) atoms. The summed E-state index contributed by atoms with van der Waals surface area (Å²) in [5.41, 5.74) is 4.33. The molecule has 0 spiro atoms. The number of carbonyl (C=O) groups is 1. The third-order valence-electron chi connectivity index (χ3n) is 2.79. The van der Waals surface area contributed by atoms with Crippen LogP contribution in [0.3, 0.4) is 0 Å². The van der Waals surface area contributed by atoms with E-state index in [1.807, 2.05) is 0 Å². The Balaban J connectivity index is 3.31. The van der Waals surface area contributed by atoms with Gasteiger partial charge in [-0.15, -0.1) is 0 Å². The van der Waals surface area contributed by atoms with Gasteiger partial charge in [-0.05, 0) is 26.0 Å². The van der Waals surface area contributed by atoms with Crippen LogP contribution in [0.4, 0.5) is 8.78 Å². The predicted octanol–water partition coefficient (Wildman–Crippen LogP) is 1.31. The smallest absolute Gasteiger partial charge is 0.235 e. The summed E-state index contributed by atoms with van der Waals surface area (Å²) in [6, 6.07) is 3.05. The van der Waals surface area contributed by atoms with E-state index in [0.29, 0.717) is 0 Å². The van der Waals surface area contributed by atoms with Crippen molar-refractivity contribution in [1.29, 1.82) is 0 Å². The van der Waals surface area contributed by atoms with Crippen LogP contribution in [0.5, 0.6) is 0 Å². The summed E-state index contributed by atoms with van der Waals surface area (Å²) in [5.74, 6) is -3.00. The van der Waals surface area contributed by atoms with Gasteiger partial charge in [-0.2, -0.15) is 0 Å². The Hall–Kier alpha value is -1.50. The highest BCUT2D eigenvalue weighted by Gasteiger charge is 2.35. The van der Waals surface area contributed by atoms with Gasteiger partial charge in [-0.1, -0.05) is 6.07 Å². The highest BCUT2D eigenvalue weighted by Crippen LogP contribution is 2.29. The van der Waals surface area contributed by atoms with E-state index < -0.39 is 43.4 Å². The van der Waals surface area contributed by atoms with E-state index in [1.165, 1.54) is 0 Å². The number of rotatable bonds is 4. The lowest BCUT2D eigenvalue weighted by atomic mass is 10.1. The topological polar surface area (TPSA) is 77.2 Å². The predicted molar refractivity (Wildman–Crippen MR) is 62.3 cm³/mol. The highest BCUT2D eigenvalue weighted by atomic mass is 32.2. The van der Waals surface area contributed by atoms with Crippen LogP contribution in [0, 0.1) is 11.6 Å². The standard InChI is InChI=1S/C11H13F2NO3S/c1-6(18(16,17)7(2)11(14)15)10-8(12)4-3-5-9(10)13/h3-7H,1-2H3,(H2,14,15)/t6-,7+/m1/s1. The minimum Gasteiger partial charge on any atom is -0.369 e. The van der Waals surface area contributed by atoms with Gasteiger partial charge in [0.25, 0.3) is 0 Å². The Bertz CT molecular complexity index is 551. The zero-order chi connectivity index (χ0) is 14.1. The van der Waals surface area contributed by atoms with Crippen molar-refractivity contribution in [3.63, 3.8) is 0 Å². The second-order valence-corrected chi connectivity index (χ2v) is 6.50. The number of carbonyl (C=O) groups excluding carboxylic acids is 1. The lowest BCUT2D eigenvalue weighted by molar-refractivity contribution is -0.117. The molecule has 2 atom stereocenters. The van der Waals surface area contributed by atoms with Gasteiger partial charge in [0.2, 0.25) is 5.91 Å². The molecule has 0 bridgehead atoms. The molecule has 0 aromatic heterocycles. The molecular formula is C11H13F2NO3S. The quantitative estimate of drug-likeness (QED) is 0.901. The molecule has 0 aliphatic heterocycles. The second kappa shape index (κ2) is 5.01. The van der Waals surface area contributed by atoms with Gasteiger partial charge in [-0.3, -0.25) is 4.79 Å². The van der Waals surface area contributed by atoms with Crippen LogP contribution in [0.1, 0.15) is 24.7 Å². The van der Waals surface area contributed by atoms with Gasteiger partial charge in [0.15, 0.2) is 9.84 Å². The third-order valence-corrected chi connectivity index (χ3v) is 5.23. The number of hydrogen-bond donors (Lipinski definition) is 1. The van der Waals surface area contributed by atoms with Crippen LogP contribution >= 0.6 is 0 Å². The number of nitrogens with two attached hydrogens (primary N) is 1. The molecular weight excluding hydrogens is 264 g/mol. The largest absolute Gasteiger partial charge is 0.369 e. The molecule has 100 valence electrons. The van der Waals surface area contributed by atoms with Crippen molar-refractivity contribution in [2.75, 3.05) is 0 Å². The van der Waals surface area contributed by atoms with E-state index in [4.69, 9.17) is 5.73 Å². The van der Waals surface area contributed by atoms with E-state index in [-0.39, 0.29) is 0 Å². The van der Waals surface area contributed by atoms with E-state index in [0.717, 1.165) is 32.0 Å². The molecule has 0 fully saturated rings. The zero-order valence-electron chi connectivity index (χ0n) is 9.85. The molecule has 1 amide bonds. The average Bonchev–Trinajstić information content (AvgIpc) is 2.27. The van der Waals surface area contributed by atoms with Crippen LogP contribution in [0.2, 0.25) is 0 Å². The Morgan fingerprint density at radius 2 is 1.67 bits per heavy atom. The van der Waals surface area contributed by atoms with Gasteiger partial charge in [0, 0.05) is 5.56 Å². The first-order valence-electron chi connectivity index (χ1n) is 5.15. The van der Waals surface area contributed by atoms with Crippen molar-refractivity contribution in [2.45, 2.75) is 24.3 Å². The molecule has 1 aromatic carbocycles. The van der Waals surface area contributed by atoms with Gasteiger partial charge >= 0.3 is 0 Å². The molecule has 0 radical (unpaired) electrons. The monoisotopic (exact) mass is 277 g/mol. The summed E-state index contributed by atoms with van der Waals surface area (Å²) in [6.07, 6.45) is 0. The SMILES string of the molecule is C[C@H](c1c(F)cccc1F)S(=O)(=O)[C@@H](C)C(N)=O. The first-order valence-corrected chi connectivity index (χ1v) is 6.76. The number of sulfone groups is 1. The molecule has 0 unspecified atom stereocenters. The van der Waals surface area contributed by atoms with Gasteiger partial charge in [0.1, 0.15) is 16.9 Å². The van der Waals surface area contributed by atoms with Crippen LogP contribution < -0.4 is 5.73 Å². The fraction of sp³-hybridized carbons (Fsp3) is 0.364.